The molecule has 0 unspecified atom stereocenters. The highest BCUT2D eigenvalue weighted by Crippen LogP contribution is 1.57. The van der Waals surface area contributed by atoms with Crippen LogP contribution in [0.25, 0.3) is 0 Å². The van der Waals surface area contributed by atoms with E-state index in [1.54, 1.807) is 0 Å². The van der Waals surface area contributed by atoms with Gasteiger partial charge < -0.3 is 0 Å². The Morgan fingerprint density at radius 1 is 1.29 bits per heavy atom. The second kappa shape index (κ2) is 3.70. The minimum absolute atomic E-state index is 0.707. The fourth-order valence-corrected chi connectivity index (χ4v) is 3.38. The quantitative estimate of drug-likeness (QED) is 0.363. The van der Waals surface area contributed by atoms with E-state index in [2.05, 4.69) is 45.3 Å². The molecule has 0 amide bonds. The van der Waals surface area contributed by atoms with E-state index >= 15 is 0 Å². The summed E-state index contributed by atoms with van der Waals surface area (Å²) in [6.45, 7) is 0. The first-order valence-electron chi connectivity index (χ1n) is 1.50. The molecule has 12 radical (unpaired) electrons. The minimum Gasteiger partial charge on any atom is -0.176 e. The lowest BCUT2D eigenvalue weighted by Gasteiger charge is -1.76. The second-order valence-corrected chi connectivity index (χ2v) is 7.88. The van der Waals surface area contributed by atoms with Crippen LogP contribution in [-0.2, 0) is 0 Å². The Morgan fingerprint density at radius 3 is 1.71 bits per heavy atom. The van der Waals surface area contributed by atoms with Gasteiger partial charge in [0.2, 0.25) is 0 Å². The van der Waals surface area contributed by atoms with Crippen molar-refractivity contribution >= 4 is 52.8 Å². The van der Waals surface area contributed by atoms with Crippen LogP contribution in [0.5, 0.6) is 0 Å². The molecule has 0 saturated heterocycles. The van der Waals surface area contributed by atoms with E-state index in [-0.39, 0.29) is 0 Å². The van der Waals surface area contributed by atoms with Crippen molar-refractivity contribution in [2.24, 2.45) is 0 Å². The van der Waals surface area contributed by atoms with Crippen LogP contribution in [0.3, 0.4) is 0 Å². The Bertz CT molecular complexity index is 98.0. The Hall–Kier alpha value is 0.734. The number of hydrogen-bond donors (Lipinski definition) is 0. The minimum atomic E-state index is -0.707. The van der Waals surface area contributed by atoms with Gasteiger partial charge in [-0.2, -0.15) is 5.33 Å². The van der Waals surface area contributed by atoms with E-state index in [1.165, 1.54) is 0 Å². The van der Waals surface area contributed by atoms with Crippen LogP contribution < -0.4 is 0 Å². The molecule has 0 saturated carbocycles. The molecular formula is C2Si5. The maximum absolute atomic E-state index is 3.34. The average Bonchev–Trinajstić information content (AvgIpc) is 1.27. The maximum atomic E-state index is 3.34. The van der Waals surface area contributed by atoms with Gasteiger partial charge in [0.25, 0.3) is 0 Å². The van der Waals surface area contributed by atoms with Gasteiger partial charge in [-0.25, -0.2) is 0 Å². The SMILES string of the molecule is [Si]C([Si])=C=[Si]([Si])[Si]. The lowest BCUT2D eigenvalue weighted by Crippen LogP contribution is -2.02. The molecule has 0 aromatic heterocycles. The Balaban J connectivity index is 4.13. The van der Waals surface area contributed by atoms with Crippen molar-refractivity contribution in [3.8, 4) is 0 Å². The Morgan fingerprint density at radius 2 is 1.71 bits per heavy atom. The topological polar surface area (TPSA) is 0 Å². The zero-order valence-electron chi connectivity index (χ0n) is 3.50. The zero-order chi connectivity index (χ0) is 5.86. The van der Waals surface area contributed by atoms with Crippen molar-refractivity contribution in [2.45, 2.75) is 0 Å². The summed E-state index contributed by atoms with van der Waals surface area (Å²) in [5.41, 5.74) is 0. The van der Waals surface area contributed by atoms with Gasteiger partial charge in [0.1, 0.15) is 0 Å². The smallest absolute Gasteiger partial charge is 0.0685 e. The summed E-state index contributed by atoms with van der Waals surface area (Å²) in [5, 5.41) is 2.98. The molecule has 0 spiro atoms. The second-order valence-electron chi connectivity index (χ2n) is 0.875. The largest absolute Gasteiger partial charge is 0.176 e. The molecule has 0 bridgehead atoms. The fraction of sp³-hybridized carbons (Fsp3) is 0. The van der Waals surface area contributed by atoms with Crippen molar-refractivity contribution in [3.63, 3.8) is 0 Å². The molecule has 0 rings (SSSR count). The number of hydrogen-bond acceptors (Lipinski definition) is 0. The molecule has 0 aliphatic heterocycles. The summed E-state index contributed by atoms with van der Waals surface area (Å²) in [4.78, 5) is 0.846. The van der Waals surface area contributed by atoms with E-state index in [9.17, 15) is 0 Å². The Labute approximate surface area is 57.9 Å². The molecule has 0 fully saturated rings. The summed E-state index contributed by atoms with van der Waals surface area (Å²) in [6, 6.07) is 0. The molecule has 0 aliphatic rings. The van der Waals surface area contributed by atoms with E-state index in [1.807, 2.05) is 0 Å². The summed E-state index contributed by atoms with van der Waals surface area (Å²) >= 11 is 0. The van der Waals surface area contributed by atoms with Gasteiger partial charge in [-0.15, -0.1) is 0 Å². The summed E-state index contributed by atoms with van der Waals surface area (Å²) in [6.07, 6.45) is 0. The van der Waals surface area contributed by atoms with Crippen LogP contribution in [0.2, 0.25) is 0 Å². The summed E-state index contributed by atoms with van der Waals surface area (Å²) < 4.78 is 0. The van der Waals surface area contributed by atoms with Gasteiger partial charge in [-0.1, -0.05) is 4.82 Å². The number of rotatable bonds is 0. The van der Waals surface area contributed by atoms with Gasteiger partial charge in [0.05, 0.1) is 20.5 Å². The van der Waals surface area contributed by atoms with Gasteiger partial charge in [0.15, 0.2) is 0 Å². The lowest BCUT2D eigenvalue weighted by atomic mass is 11.2. The zero-order valence-corrected chi connectivity index (χ0v) is 8.50. The highest BCUT2D eigenvalue weighted by molar-refractivity contribution is 7.29. The normalized spacial score (nSPS) is 7.43. The van der Waals surface area contributed by atoms with Crippen LogP contribution in [0, 0.1) is 0 Å². The maximum Gasteiger partial charge on any atom is 0.0685 e. The third-order valence-corrected chi connectivity index (χ3v) is 2.25. The Kier molecular flexibility index (Phi) is 4.09. The van der Waals surface area contributed by atoms with Gasteiger partial charge >= 0.3 is 0 Å². The van der Waals surface area contributed by atoms with Crippen LogP contribution in [0.4, 0.5) is 0 Å². The molecule has 0 atom stereocenters. The molecule has 0 heterocycles. The third kappa shape index (κ3) is 6.73. The summed E-state index contributed by atoms with van der Waals surface area (Å²) in [7, 11) is 12.4. The van der Waals surface area contributed by atoms with Crippen molar-refractivity contribution in [1.82, 2.24) is 0 Å². The summed E-state index contributed by atoms with van der Waals surface area (Å²) in [5.74, 6) is 0. The third-order valence-electron chi connectivity index (χ3n) is 0.250. The van der Waals surface area contributed by atoms with Crippen LogP contribution in [0.15, 0.2) is 4.82 Å². The highest BCUT2D eigenvalue weighted by atomic mass is 29.5. The van der Waals surface area contributed by atoms with Crippen molar-refractivity contribution in [3.05, 3.63) is 4.82 Å². The van der Waals surface area contributed by atoms with Gasteiger partial charge in [-0.3, -0.25) is 0 Å². The molecule has 28 valence electrons. The molecule has 0 N–H and O–H groups in total. The average molecular weight is 164 g/mol. The first-order valence-corrected chi connectivity index (χ1v) is 7.00. The van der Waals surface area contributed by atoms with Gasteiger partial charge in [0, 0.05) is 27.0 Å². The molecule has 0 nitrogen and oxygen atoms in total. The molecule has 0 aromatic carbocycles. The highest BCUT2D eigenvalue weighted by Gasteiger charge is 1.72. The van der Waals surface area contributed by atoms with Crippen LogP contribution in [-0.4, -0.2) is 52.8 Å². The predicted molar refractivity (Wildman–Crippen MR) is 37.3 cm³/mol. The molecule has 0 aliphatic carbocycles. The first-order chi connectivity index (χ1) is 3.13. The van der Waals surface area contributed by atoms with Crippen molar-refractivity contribution in [2.75, 3.05) is 0 Å². The molecular weight excluding hydrogens is 164 g/mol. The first kappa shape index (κ1) is 7.73. The molecule has 7 heavy (non-hydrogen) atoms. The van der Waals surface area contributed by atoms with Gasteiger partial charge in [-0.05, 0) is 0 Å². The standard InChI is InChI=1S/C2Si5/c3-2(4)1-7(5)6. The van der Waals surface area contributed by atoms with Crippen molar-refractivity contribution in [1.29, 1.82) is 0 Å². The molecule has 5 heteroatoms. The predicted octanol–water partition coefficient (Wildman–Crippen LogP) is -2.03. The molecule has 0 aromatic rings. The lowest BCUT2D eigenvalue weighted by molar-refractivity contribution is 2.64. The van der Waals surface area contributed by atoms with Crippen LogP contribution in [0.1, 0.15) is 0 Å². The van der Waals surface area contributed by atoms with E-state index in [0.29, 0.717) is 0 Å². The monoisotopic (exact) mass is 164 g/mol. The fourth-order valence-electron chi connectivity index (χ4n) is 0.125. The van der Waals surface area contributed by atoms with Crippen LogP contribution >= 0.6 is 0 Å². The van der Waals surface area contributed by atoms with Crippen molar-refractivity contribution < 1.29 is 0 Å². The van der Waals surface area contributed by atoms with E-state index in [4.69, 9.17) is 0 Å². The van der Waals surface area contributed by atoms with E-state index in [0.717, 1.165) is 4.82 Å². The van der Waals surface area contributed by atoms with E-state index < -0.39 is 7.44 Å².